The molecule has 3 aromatic carbocycles. The van der Waals surface area contributed by atoms with Crippen LogP contribution in [0.3, 0.4) is 0 Å². The van der Waals surface area contributed by atoms with Gasteiger partial charge in [0.2, 0.25) is 5.56 Å². The molecule has 1 N–H and O–H groups in total. The van der Waals surface area contributed by atoms with Gasteiger partial charge in [0.05, 0.1) is 0 Å². The normalized spacial score (nSPS) is 11.1. The topological polar surface area (TPSA) is 72.8 Å². The zero-order valence-electron chi connectivity index (χ0n) is 17.4. The van der Waals surface area contributed by atoms with Crippen LogP contribution in [0.25, 0.3) is 16.6 Å². The molecule has 0 unspecified atom stereocenters. The van der Waals surface area contributed by atoms with Crippen molar-refractivity contribution in [2.45, 2.75) is 17.5 Å². The molecule has 164 valence electrons. The smallest absolute Gasteiger partial charge is 0.248 e. The van der Waals surface area contributed by atoms with Gasteiger partial charge in [-0.15, -0.1) is 10.2 Å². The molecule has 2 aromatic heterocycles. The van der Waals surface area contributed by atoms with Crippen LogP contribution in [0.15, 0.2) is 99.4 Å². The minimum absolute atomic E-state index is 0.114. The maximum atomic E-state index is 12.1. The summed E-state index contributed by atoms with van der Waals surface area (Å²) in [6, 6.07) is 27.1. The van der Waals surface area contributed by atoms with Gasteiger partial charge in [0.15, 0.2) is 11.0 Å². The Bertz CT molecular complexity index is 1450. The first-order valence-electron chi connectivity index (χ1n) is 10.3. The van der Waals surface area contributed by atoms with Crippen LogP contribution in [0.1, 0.15) is 11.4 Å². The number of fused-ring (bicyclic) bond motifs is 1. The first-order chi connectivity index (χ1) is 16.2. The van der Waals surface area contributed by atoms with E-state index in [9.17, 15) is 4.79 Å². The molecule has 0 aliphatic carbocycles. The second kappa shape index (κ2) is 9.64. The molecule has 5 aromatic rings. The van der Waals surface area contributed by atoms with Crippen LogP contribution in [0.4, 0.5) is 0 Å². The molecule has 0 fully saturated rings. The Morgan fingerprint density at radius 2 is 1.70 bits per heavy atom. The zero-order chi connectivity index (χ0) is 22.6. The third kappa shape index (κ3) is 4.86. The van der Waals surface area contributed by atoms with E-state index in [0.717, 1.165) is 37.5 Å². The van der Waals surface area contributed by atoms with E-state index < -0.39 is 0 Å². The van der Waals surface area contributed by atoms with Gasteiger partial charge in [-0.1, -0.05) is 64.1 Å². The van der Waals surface area contributed by atoms with Gasteiger partial charge in [-0.05, 0) is 48.0 Å². The summed E-state index contributed by atoms with van der Waals surface area (Å²) in [6.07, 6.45) is 0. The molecule has 0 saturated heterocycles. The Hall–Kier alpha value is -3.36. The van der Waals surface area contributed by atoms with Crippen LogP contribution in [-0.4, -0.2) is 19.7 Å². The summed E-state index contributed by atoms with van der Waals surface area (Å²) in [5.41, 5.74) is 2.62. The first kappa shape index (κ1) is 21.5. The van der Waals surface area contributed by atoms with E-state index in [0.29, 0.717) is 11.6 Å². The van der Waals surface area contributed by atoms with Crippen molar-refractivity contribution in [2.75, 3.05) is 0 Å². The van der Waals surface area contributed by atoms with Gasteiger partial charge in [-0.3, -0.25) is 9.36 Å². The summed E-state index contributed by atoms with van der Waals surface area (Å²) in [5, 5.41) is 10.6. The van der Waals surface area contributed by atoms with Crippen molar-refractivity contribution in [1.82, 2.24) is 19.7 Å². The number of rotatable bonds is 7. The Morgan fingerprint density at radius 1 is 0.939 bits per heavy atom. The van der Waals surface area contributed by atoms with Gasteiger partial charge in [0.25, 0.3) is 0 Å². The fourth-order valence-corrected chi connectivity index (χ4v) is 4.77. The van der Waals surface area contributed by atoms with Crippen molar-refractivity contribution in [3.63, 3.8) is 0 Å². The number of halogens is 1. The SMILES string of the molecule is O=c1cc(CSc2nnc(COc3ccc(Br)cc3)n2-c2ccccc2)c2ccccc2[nH]1. The lowest BCUT2D eigenvalue weighted by Gasteiger charge is -2.11. The quantitative estimate of drug-likeness (QED) is 0.278. The molecule has 5 rings (SSSR count). The van der Waals surface area contributed by atoms with E-state index in [1.54, 1.807) is 6.07 Å². The molecular formula is C25H19BrN4O2S. The summed E-state index contributed by atoms with van der Waals surface area (Å²) in [5.74, 6) is 2.04. The lowest BCUT2D eigenvalue weighted by Crippen LogP contribution is -2.07. The standard InChI is InChI=1S/C25H19BrN4O2S/c26-18-10-12-20(13-11-18)32-15-23-28-29-25(30(23)19-6-2-1-3-7-19)33-16-17-14-24(31)27-22-9-5-4-8-21(17)22/h1-14H,15-16H2,(H,27,31). The van der Waals surface area contributed by atoms with Gasteiger partial charge in [0, 0.05) is 32.9 Å². The van der Waals surface area contributed by atoms with E-state index >= 15 is 0 Å². The van der Waals surface area contributed by atoms with Crippen molar-refractivity contribution >= 4 is 38.6 Å². The predicted molar refractivity (Wildman–Crippen MR) is 134 cm³/mol. The lowest BCUT2D eigenvalue weighted by atomic mass is 10.1. The number of para-hydroxylation sites is 2. The summed E-state index contributed by atoms with van der Waals surface area (Å²) >= 11 is 4.97. The number of hydrogen-bond acceptors (Lipinski definition) is 5. The third-order valence-corrected chi connectivity index (χ3v) is 6.60. The van der Waals surface area contributed by atoms with Gasteiger partial charge in [-0.25, -0.2) is 0 Å². The highest BCUT2D eigenvalue weighted by Gasteiger charge is 2.16. The number of hydrogen-bond donors (Lipinski definition) is 1. The Kier molecular flexibility index (Phi) is 6.28. The summed E-state index contributed by atoms with van der Waals surface area (Å²) in [6.45, 7) is 0.276. The predicted octanol–water partition coefficient (Wildman–Crippen LogP) is 5.74. The van der Waals surface area contributed by atoms with Gasteiger partial charge >= 0.3 is 0 Å². The van der Waals surface area contributed by atoms with Gasteiger partial charge < -0.3 is 9.72 Å². The number of aromatic nitrogens is 4. The molecule has 0 saturated carbocycles. The molecule has 0 radical (unpaired) electrons. The molecule has 0 atom stereocenters. The highest BCUT2D eigenvalue weighted by atomic mass is 79.9. The number of ether oxygens (including phenoxy) is 1. The van der Waals surface area contributed by atoms with Crippen LogP contribution in [-0.2, 0) is 12.4 Å². The van der Waals surface area contributed by atoms with Crippen molar-refractivity contribution in [3.05, 3.63) is 111 Å². The molecule has 0 amide bonds. The number of pyridine rings is 1. The molecule has 0 aliphatic rings. The van der Waals surface area contributed by atoms with E-state index in [-0.39, 0.29) is 12.2 Å². The summed E-state index contributed by atoms with van der Waals surface area (Å²) in [7, 11) is 0. The largest absolute Gasteiger partial charge is 0.486 e. The van der Waals surface area contributed by atoms with Crippen molar-refractivity contribution in [3.8, 4) is 11.4 Å². The Balaban J connectivity index is 1.44. The van der Waals surface area contributed by atoms with Crippen molar-refractivity contribution < 1.29 is 4.74 Å². The maximum Gasteiger partial charge on any atom is 0.248 e. The van der Waals surface area contributed by atoms with Crippen LogP contribution in [0.5, 0.6) is 5.75 Å². The zero-order valence-corrected chi connectivity index (χ0v) is 19.8. The number of nitrogens with one attached hydrogen (secondary N) is 1. The highest BCUT2D eigenvalue weighted by Crippen LogP contribution is 2.28. The second-order valence-corrected chi connectivity index (χ2v) is 9.16. The first-order valence-corrected chi connectivity index (χ1v) is 12.1. The molecule has 6 nitrogen and oxygen atoms in total. The number of thioether (sulfide) groups is 1. The molecule has 2 heterocycles. The van der Waals surface area contributed by atoms with Crippen LogP contribution in [0.2, 0.25) is 0 Å². The van der Waals surface area contributed by atoms with E-state index in [2.05, 4.69) is 31.1 Å². The summed E-state index contributed by atoms with van der Waals surface area (Å²) < 4.78 is 8.95. The Labute approximate surface area is 202 Å². The van der Waals surface area contributed by atoms with E-state index in [1.165, 1.54) is 11.8 Å². The monoisotopic (exact) mass is 518 g/mol. The fraction of sp³-hybridized carbons (Fsp3) is 0.0800. The molecule has 33 heavy (non-hydrogen) atoms. The van der Waals surface area contributed by atoms with Gasteiger partial charge in [0.1, 0.15) is 12.4 Å². The minimum atomic E-state index is -0.114. The molecule has 0 aliphatic heterocycles. The number of nitrogens with zero attached hydrogens (tertiary/aromatic N) is 3. The van der Waals surface area contributed by atoms with Gasteiger partial charge in [-0.2, -0.15) is 0 Å². The van der Waals surface area contributed by atoms with Crippen LogP contribution in [0, 0.1) is 0 Å². The molecule has 8 heteroatoms. The van der Waals surface area contributed by atoms with Crippen molar-refractivity contribution in [1.29, 1.82) is 0 Å². The average molecular weight is 519 g/mol. The van der Waals surface area contributed by atoms with E-state index in [1.807, 2.05) is 83.4 Å². The third-order valence-electron chi connectivity index (χ3n) is 5.09. The molecule has 0 bridgehead atoms. The van der Waals surface area contributed by atoms with Crippen LogP contribution >= 0.6 is 27.7 Å². The second-order valence-electron chi connectivity index (χ2n) is 7.31. The van der Waals surface area contributed by atoms with E-state index in [4.69, 9.17) is 4.74 Å². The lowest BCUT2D eigenvalue weighted by molar-refractivity contribution is 0.293. The Morgan fingerprint density at radius 3 is 2.52 bits per heavy atom. The number of benzene rings is 3. The molecular weight excluding hydrogens is 500 g/mol. The maximum absolute atomic E-state index is 12.1. The number of H-pyrrole nitrogens is 1. The van der Waals surface area contributed by atoms with Crippen molar-refractivity contribution in [2.24, 2.45) is 0 Å². The number of aromatic amines is 1. The average Bonchev–Trinajstić information content (AvgIpc) is 3.25. The van der Waals surface area contributed by atoms with Crippen LogP contribution < -0.4 is 10.3 Å². The summed E-state index contributed by atoms with van der Waals surface area (Å²) in [4.78, 5) is 15.0. The highest BCUT2D eigenvalue weighted by molar-refractivity contribution is 9.10. The minimum Gasteiger partial charge on any atom is -0.486 e. The molecule has 0 spiro atoms. The fourth-order valence-electron chi connectivity index (χ4n) is 3.54.